The van der Waals surface area contributed by atoms with Gasteiger partial charge in [0.1, 0.15) is 17.3 Å². The summed E-state index contributed by atoms with van der Waals surface area (Å²) in [7, 11) is 3.03. The molecule has 1 aliphatic carbocycles. The van der Waals surface area contributed by atoms with Crippen molar-refractivity contribution < 1.29 is 24.2 Å². The molecule has 0 bridgehead atoms. The van der Waals surface area contributed by atoms with Crippen molar-refractivity contribution in [2.45, 2.75) is 37.8 Å². The number of aliphatic hydroxyl groups excluding tert-OH is 1. The van der Waals surface area contributed by atoms with Gasteiger partial charge >= 0.3 is 0 Å². The molecule has 1 N–H and O–H groups in total. The lowest BCUT2D eigenvalue weighted by molar-refractivity contribution is -0.141. The normalized spacial score (nSPS) is 21.7. The Kier molecular flexibility index (Phi) is 5.32. The Balaban J connectivity index is 1.88. The van der Waals surface area contributed by atoms with Crippen LogP contribution in [-0.2, 0) is 9.59 Å². The third-order valence-corrected chi connectivity index (χ3v) is 6.60. The van der Waals surface area contributed by atoms with Crippen LogP contribution >= 0.6 is 11.3 Å². The Morgan fingerprint density at radius 1 is 1.14 bits per heavy atom. The van der Waals surface area contributed by atoms with Crippen molar-refractivity contribution in [3.63, 3.8) is 0 Å². The highest BCUT2D eigenvalue weighted by Crippen LogP contribution is 2.45. The third kappa shape index (κ3) is 3.29. The molecule has 152 valence electrons. The molecule has 4 rings (SSSR count). The summed E-state index contributed by atoms with van der Waals surface area (Å²) >= 11 is 1.48. The number of methoxy groups -OCH3 is 2. The summed E-state index contributed by atoms with van der Waals surface area (Å²) in [4.78, 5) is 28.6. The molecule has 2 fully saturated rings. The van der Waals surface area contributed by atoms with Gasteiger partial charge in [0.05, 0.1) is 31.4 Å². The van der Waals surface area contributed by atoms with Crippen molar-refractivity contribution in [3.05, 3.63) is 51.7 Å². The van der Waals surface area contributed by atoms with Crippen LogP contribution in [0.1, 0.15) is 42.2 Å². The van der Waals surface area contributed by atoms with Gasteiger partial charge in [0, 0.05) is 17.0 Å². The molecule has 0 radical (unpaired) electrons. The van der Waals surface area contributed by atoms with Gasteiger partial charge in [-0.2, -0.15) is 0 Å². The summed E-state index contributed by atoms with van der Waals surface area (Å²) in [5.41, 5.74) is 0.479. The molecule has 1 aliphatic heterocycles. The van der Waals surface area contributed by atoms with Gasteiger partial charge in [-0.3, -0.25) is 9.59 Å². The zero-order valence-electron chi connectivity index (χ0n) is 16.4. The molecule has 6 nitrogen and oxygen atoms in total. The number of thiophene rings is 1. The zero-order chi connectivity index (χ0) is 20.5. The average Bonchev–Trinajstić information content (AvgIpc) is 3.49. The number of ketones is 1. The van der Waals surface area contributed by atoms with Gasteiger partial charge in [0.25, 0.3) is 11.7 Å². The molecule has 0 spiro atoms. The SMILES string of the molecule is COc1ccc(/C(O)=C2/C(=O)C(=O)N(C3CCCC3)C2c2cccs2)c(OC)c1. The van der Waals surface area contributed by atoms with Crippen LogP contribution in [0.4, 0.5) is 0 Å². The number of hydrogen-bond donors (Lipinski definition) is 1. The molecular formula is C22H23NO5S. The topological polar surface area (TPSA) is 76.1 Å². The summed E-state index contributed by atoms with van der Waals surface area (Å²) in [6, 6.07) is 8.20. The van der Waals surface area contributed by atoms with E-state index in [0.717, 1.165) is 30.6 Å². The second-order valence-corrected chi connectivity index (χ2v) is 8.21. The van der Waals surface area contributed by atoms with Crippen LogP contribution in [-0.4, -0.2) is 42.0 Å². The number of nitrogens with zero attached hydrogens (tertiary/aromatic N) is 1. The molecule has 1 atom stereocenters. The maximum Gasteiger partial charge on any atom is 0.295 e. The summed E-state index contributed by atoms with van der Waals surface area (Å²) in [5, 5.41) is 13.1. The smallest absolute Gasteiger partial charge is 0.295 e. The van der Waals surface area contributed by atoms with E-state index in [2.05, 4.69) is 0 Å². The van der Waals surface area contributed by atoms with Crippen molar-refractivity contribution in [3.8, 4) is 11.5 Å². The van der Waals surface area contributed by atoms with Crippen molar-refractivity contribution in [2.24, 2.45) is 0 Å². The van der Waals surface area contributed by atoms with E-state index in [1.165, 1.54) is 25.6 Å². The average molecular weight is 413 g/mol. The van der Waals surface area contributed by atoms with Gasteiger partial charge in [0.15, 0.2) is 0 Å². The first-order valence-electron chi connectivity index (χ1n) is 9.62. The molecular weight excluding hydrogens is 390 g/mol. The Bertz CT molecular complexity index is 960. The fourth-order valence-corrected chi connectivity index (χ4v) is 5.11. The van der Waals surface area contributed by atoms with Crippen LogP contribution in [0.15, 0.2) is 41.3 Å². The molecule has 1 unspecified atom stereocenters. The Labute approximate surface area is 173 Å². The number of amides is 1. The van der Waals surface area contributed by atoms with E-state index in [9.17, 15) is 14.7 Å². The number of ether oxygens (including phenoxy) is 2. The molecule has 2 aliphatic rings. The molecule has 7 heteroatoms. The molecule has 1 aromatic carbocycles. The second kappa shape index (κ2) is 7.91. The largest absolute Gasteiger partial charge is 0.507 e. The van der Waals surface area contributed by atoms with Crippen molar-refractivity contribution >= 4 is 28.8 Å². The van der Waals surface area contributed by atoms with Crippen LogP contribution < -0.4 is 9.47 Å². The Hall–Kier alpha value is -2.80. The number of aliphatic hydroxyl groups is 1. The number of benzene rings is 1. The van der Waals surface area contributed by atoms with E-state index >= 15 is 0 Å². The lowest BCUT2D eigenvalue weighted by atomic mass is 9.98. The van der Waals surface area contributed by atoms with E-state index in [1.54, 1.807) is 23.1 Å². The second-order valence-electron chi connectivity index (χ2n) is 7.23. The number of carbonyl (C=O) groups is 2. The Morgan fingerprint density at radius 2 is 1.90 bits per heavy atom. The summed E-state index contributed by atoms with van der Waals surface area (Å²) in [6.07, 6.45) is 3.83. The monoisotopic (exact) mass is 413 g/mol. The predicted octanol–water partition coefficient (Wildman–Crippen LogP) is 4.13. The summed E-state index contributed by atoms with van der Waals surface area (Å²) < 4.78 is 10.6. The van der Waals surface area contributed by atoms with Crippen molar-refractivity contribution in [1.82, 2.24) is 4.90 Å². The van der Waals surface area contributed by atoms with Crippen LogP contribution in [0.5, 0.6) is 11.5 Å². The van der Waals surface area contributed by atoms with Crippen LogP contribution in [0.3, 0.4) is 0 Å². The quantitative estimate of drug-likeness (QED) is 0.453. The first kappa shape index (κ1) is 19.5. The maximum atomic E-state index is 13.0. The van der Waals surface area contributed by atoms with Gasteiger partial charge in [-0.05, 0) is 36.4 Å². The Morgan fingerprint density at radius 3 is 2.52 bits per heavy atom. The molecule has 1 aromatic heterocycles. The molecule has 1 saturated carbocycles. The van der Waals surface area contributed by atoms with Crippen LogP contribution in [0, 0.1) is 0 Å². The molecule has 1 amide bonds. The minimum atomic E-state index is -0.648. The minimum absolute atomic E-state index is 0.0154. The lowest BCUT2D eigenvalue weighted by Crippen LogP contribution is -2.37. The standard InChI is InChI=1S/C22H23NO5S/c1-27-14-9-10-15(16(12-14)28-2)20(24)18-19(17-8-5-11-29-17)23(22(26)21(18)25)13-6-3-4-7-13/h5,8-13,19,24H,3-4,6-7H2,1-2H3/b20-18-. The molecule has 1 saturated heterocycles. The van der Waals surface area contributed by atoms with Gasteiger partial charge in [0.2, 0.25) is 0 Å². The number of Topliss-reactive ketones (excluding diaryl/α,β-unsaturated/α-hetero) is 1. The first-order valence-corrected chi connectivity index (χ1v) is 10.5. The highest BCUT2D eigenvalue weighted by molar-refractivity contribution is 7.10. The first-order chi connectivity index (χ1) is 14.1. The molecule has 2 heterocycles. The predicted molar refractivity (Wildman–Crippen MR) is 110 cm³/mol. The fraction of sp³-hybridized carbons (Fsp3) is 0.364. The van der Waals surface area contributed by atoms with Crippen LogP contribution in [0.25, 0.3) is 5.76 Å². The number of hydrogen-bond acceptors (Lipinski definition) is 6. The van der Waals surface area contributed by atoms with E-state index in [1.807, 2.05) is 17.5 Å². The molecule has 29 heavy (non-hydrogen) atoms. The number of rotatable bonds is 5. The summed E-state index contributed by atoms with van der Waals surface area (Å²) in [6.45, 7) is 0. The van der Waals surface area contributed by atoms with E-state index in [0.29, 0.717) is 17.1 Å². The molecule has 2 aromatic rings. The van der Waals surface area contributed by atoms with Crippen molar-refractivity contribution in [1.29, 1.82) is 0 Å². The summed E-state index contributed by atoms with van der Waals surface area (Å²) in [5.74, 6) is -0.463. The maximum absolute atomic E-state index is 13.0. The zero-order valence-corrected chi connectivity index (χ0v) is 17.2. The highest BCUT2D eigenvalue weighted by atomic mass is 32.1. The van der Waals surface area contributed by atoms with Crippen LogP contribution in [0.2, 0.25) is 0 Å². The lowest BCUT2D eigenvalue weighted by Gasteiger charge is -2.29. The van der Waals surface area contributed by atoms with E-state index in [4.69, 9.17) is 9.47 Å². The van der Waals surface area contributed by atoms with E-state index in [-0.39, 0.29) is 17.4 Å². The fourth-order valence-electron chi connectivity index (χ4n) is 4.27. The number of likely N-dealkylation sites (tertiary alicyclic amines) is 1. The minimum Gasteiger partial charge on any atom is -0.507 e. The highest BCUT2D eigenvalue weighted by Gasteiger charge is 2.49. The number of carbonyl (C=O) groups excluding carboxylic acids is 2. The van der Waals surface area contributed by atoms with Gasteiger partial charge in [-0.25, -0.2) is 0 Å². The van der Waals surface area contributed by atoms with Gasteiger partial charge < -0.3 is 19.5 Å². The third-order valence-electron chi connectivity index (χ3n) is 5.67. The van der Waals surface area contributed by atoms with Gasteiger partial charge in [-0.1, -0.05) is 18.9 Å². The van der Waals surface area contributed by atoms with E-state index < -0.39 is 17.7 Å². The van der Waals surface area contributed by atoms with Crippen molar-refractivity contribution in [2.75, 3.05) is 14.2 Å². The van der Waals surface area contributed by atoms with Gasteiger partial charge in [-0.15, -0.1) is 11.3 Å².